The molecule has 158 valence electrons. The molecule has 0 spiro atoms. The van der Waals surface area contributed by atoms with Crippen molar-refractivity contribution in [3.63, 3.8) is 0 Å². The average Bonchev–Trinajstić information content (AvgIpc) is 3.05. The lowest BCUT2D eigenvalue weighted by Crippen LogP contribution is -2.52. The highest BCUT2D eigenvalue weighted by Gasteiger charge is 2.39. The fraction of sp³-hybridized carbons (Fsp3) is 0.609. The van der Waals surface area contributed by atoms with E-state index in [1.165, 1.54) is 12.8 Å². The molecule has 29 heavy (non-hydrogen) atoms. The summed E-state index contributed by atoms with van der Waals surface area (Å²) in [5, 5.41) is 2.35. The van der Waals surface area contributed by atoms with Crippen LogP contribution in [0.25, 0.3) is 0 Å². The molecule has 1 aromatic rings. The van der Waals surface area contributed by atoms with E-state index in [2.05, 4.69) is 30.1 Å². The minimum Gasteiger partial charge on any atom is -0.372 e. The number of benzene rings is 1. The Kier molecular flexibility index (Phi) is 6.60. The Balaban J connectivity index is 0.00000117. The highest BCUT2D eigenvalue weighted by atomic mass is 16.2. The van der Waals surface area contributed by atoms with Gasteiger partial charge in [-0.1, -0.05) is 27.7 Å². The van der Waals surface area contributed by atoms with Gasteiger partial charge in [-0.05, 0) is 54.9 Å². The van der Waals surface area contributed by atoms with Gasteiger partial charge in [0.1, 0.15) is 6.04 Å². The number of imide groups is 1. The van der Waals surface area contributed by atoms with Gasteiger partial charge in [-0.2, -0.15) is 0 Å². The standard InChI is InChI=1S/C21H27N3O3.C2H6/c1-13(2)14-7-9-23(10-8-14)16-3-4-17-15(11-16)12-24(21(17)27)18-5-6-19(25)22-20(18)26;1-2/h3-4,11,13-14,18H,5-10,12H2,1-2H3,(H,22,25,26);1-2H3. The quantitative estimate of drug-likeness (QED) is 0.792. The lowest BCUT2D eigenvalue weighted by Gasteiger charge is -2.35. The SMILES string of the molecule is CC.CC(C)C1CCN(c2ccc3c(c2)CN(C2CCC(=O)NC2=O)C3=O)CC1. The molecule has 6 nitrogen and oxygen atoms in total. The van der Waals surface area contributed by atoms with Gasteiger partial charge in [0, 0.05) is 37.3 Å². The summed E-state index contributed by atoms with van der Waals surface area (Å²) < 4.78 is 0. The summed E-state index contributed by atoms with van der Waals surface area (Å²) in [6.07, 6.45) is 3.10. The minimum absolute atomic E-state index is 0.107. The topological polar surface area (TPSA) is 69.7 Å². The molecule has 0 saturated carbocycles. The zero-order chi connectivity index (χ0) is 21.1. The maximum absolute atomic E-state index is 12.8. The minimum atomic E-state index is -0.548. The molecule has 1 N–H and O–H groups in total. The van der Waals surface area contributed by atoms with Crippen molar-refractivity contribution in [2.24, 2.45) is 11.8 Å². The van der Waals surface area contributed by atoms with Gasteiger partial charge in [0.25, 0.3) is 5.91 Å². The van der Waals surface area contributed by atoms with Crippen molar-refractivity contribution >= 4 is 23.4 Å². The molecule has 3 amide bonds. The van der Waals surface area contributed by atoms with Crippen LogP contribution in [0.2, 0.25) is 0 Å². The molecule has 2 fully saturated rings. The lowest BCUT2D eigenvalue weighted by molar-refractivity contribution is -0.136. The average molecular weight is 400 g/mol. The summed E-state index contributed by atoms with van der Waals surface area (Å²) in [7, 11) is 0. The molecular weight excluding hydrogens is 366 g/mol. The van der Waals surface area contributed by atoms with Gasteiger partial charge in [0.2, 0.25) is 11.8 Å². The second kappa shape index (κ2) is 8.97. The Morgan fingerprint density at radius 2 is 1.72 bits per heavy atom. The van der Waals surface area contributed by atoms with E-state index in [1.54, 1.807) is 4.90 Å². The van der Waals surface area contributed by atoms with Crippen molar-refractivity contribution in [2.75, 3.05) is 18.0 Å². The molecule has 6 heteroatoms. The Morgan fingerprint density at radius 3 is 2.34 bits per heavy atom. The van der Waals surface area contributed by atoms with Crippen molar-refractivity contribution in [1.29, 1.82) is 0 Å². The maximum Gasteiger partial charge on any atom is 0.255 e. The van der Waals surface area contributed by atoms with Gasteiger partial charge in [0.05, 0.1) is 0 Å². The van der Waals surface area contributed by atoms with Crippen LogP contribution in [0.1, 0.15) is 69.3 Å². The number of carbonyl (C=O) groups is 3. The second-order valence-electron chi connectivity index (χ2n) is 8.31. The molecule has 0 bridgehead atoms. The highest BCUT2D eigenvalue weighted by molar-refractivity contribution is 6.05. The molecule has 2 saturated heterocycles. The van der Waals surface area contributed by atoms with Crippen LogP contribution in [0.4, 0.5) is 5.69 Å². The normalized spacial score (nSPS) is 22.4. The third-order valence-corrected chi connectivity index (χ3v) is 6.35. The molecule has 0 radical (unpaired) electrons. The first-order chi connectivity index (χ1) is 13.9. The van der Waals surface area contributed by atoms with E-state index in [4.69, 9.17) is 0 Å². The Morgan fingerprint density at radius 1 is 1.03 bits per heavy atom. The van der Waals surface area contributed by atoms with Crippen LogP contribution in [0.15, 0.2) is 18.2 Å². The third-order valence-electron chi connectivity index (χ3n) is 6.35. The summed E-state index contributed by atoms with van der Waals surface area (Å²) in [6, 6.07) is 5.48. The van der Waals surface area contributed by atoms with Crippen molar-refractivity contribution in [1.82, 2.24) is 10.2 Å². The lowest BCUT2D eigenvalue weighted by atomic mass is 9.86. The van der Waals surface area contributed by atoms with E-state index >= 15 is 0 Å². The molecular formula is C23H33N3O3. The number of carbonyl (C=O) groups excluding carboxylic acids is 3. The van der Waals surface area contributed by atoms with Gasteiger partial charge >= 0.3 is 0 Å². The molecule has 4 rings (SSSR count). The first-order valence-corrected chi connectivity index (χ1v) is 11.0. The Labute approximate surface area is 173 Å². The monoisotopic (exact) mass is 399 g/mol. The number of rotatable bonds is 3. The van der Waals surface area contributed by atoms with E-state index in [0.29, 0.717) is 18.5 Å². The highest BCUT2D eigenvalue weighted by Crippen LogP contribution is 2.33. The van der Waals surface area contributed by atoms with E-state index in [-0.39, 0.29) is 24.1 Å². The van der Waals surface area contributed by atoms with Crippen LogP contribution in [-0.2, 0) is 16.1 Å². The fourth-order valence-corrected chi connectivity index (χ4v) is 4.58. The first kappa shape index (κ1) is 21.3. The van der Waals surface area contributed by atoms with Crippen LogP contribution in [0.5, 0.6) is 0 Å². The van der Waals surface area contributed by atoms with Crippen LogP contribution in [0, 0.1) is 11.8 Å². The smallest absolute Gasteiger partial charge is 0.255 e. The molecule has 1 aromatic carbocycles. The van der Waals surface area contributed by atoms with Crippen molar-refractivity contribution < 1.29 is 14.4 Å². The van der Waals surface area contributed by atoms with Crippen molar-refractivity contribution in [2.45, 2.75) is 66.0 Å². The third kappa shape index (κ3) is 4.31. The molecule has 3 heterocycles. The zero-order valence-corrected chi connectivity index (χ0v) is 18.0. The van der Waals surface area contributed by atoms with Gasteiger partial charge < -0.3 is 9.80 Å². The largest absolute Gasteiger partial charge is 0.372 e. The fourth-order valence-electron chi connectivity index (χ4n) is 4.58. The van der Waals surface area contributed by atoms with E-state index in [1.807, 2.05) is 26.0 Å². The van der Waals surface area contributed by atoms with E-state index in [0.717, 1.165) is 36.2 Å². The predicted octanol–water partition coefficient (Wildman–Crippen LogP) is 3.35. The predicted molar refractivity (Wildman–Crippen MR) is 114 cm³/mol. The molecule has 3 aliphatic rings. The molecule has 3 aliphatic heterocycles. The zero-order valence-electron chi connectivity index (χ0n) is 18.0. The van der Waals surface area contributed by atoms with Crippen molar-refractivity contribution in [3.8, 4) is 0 Å². The van der Waals surface area contributed by atoms with Gasteiger partial charge in [-0.3, -0.25) is 19.7 Å². The molecule has 1 atom stereocenters. The number of anilines is 1. The van der Waals surface area contributed by atoms with Gasteiger partial charge in [-0.25, -0.2) is 0 Å². The second-order valence-corrected chi connectivity index (χ2v) is 8.31. The number of piperidine rings is 2. The van der Waals surface area contributed by atoms with Crippen LogP contribution in [-0.4, -0.2) is 41.8 Å². The van der Waals surface area contributed by atoms with Crippen LogP contribution >= 0.6 is 0 Å². The molecule has 0 aliphatic carbocycles. The number of hydrogen-bond acceptors (Lipinski definition) is 4. The maximum atomic E-state index is 12.8. The Bertz CT molecular complexity index is 782. The van der Waals surface area contributed by atoms with Crippen molar-refractivity contribution in [3.05, 3.63) is 29.3 Å². The van der Waals surface area contributed by atoms with Crippen LogP contribution < -0.4 is 10.2 Å². The first-order valence-electron chi connectivity index (χ1n) is 11.0. The summed E-state index contributed by atoms with van der Waals surface area (Å²) in [5.74, 6) is 0.799. The summed E-state index contributed by atoms with van der Waals surface area (Å²) in [4.78, 5) is 40.3. The van der Waals surface area contributed by atoms with E-state index in [9.17, 15) is 14.4 Å². The number of hydrogen-bond donors (Lipinski definition) is 1. The summed E-state index contributed by atoms with van der Waals surface area (Å²) in [6.45, 7) is 11.1. The summed E-state index contributed by atoms with van der Waals surface area (Å²) >= 11 is 0. The number of amides is 3. The Hall–Kier alpha value is -2.37. The van der Waals surface area contributed by atoms with Gasteiger partial charge in [-0.15, -0.1) is 0 Å². The van der Waals surface area contributed by atoms with Gasteiger partial charge in [0.15, 0.2) is 0 Å². The number of fused-ring (bicyclic) bond motifs is 1. The number of nitrogens with zero attached hydrogens (tertiary/aromatic N) is 2. The van der Waals surface area contributed by atoms with E-state index < -0.39 is 6.04 Å². The van der Waals surface area contributed by atoms with Crippen LogP contribution in [0.3, 0.4) is 0 Å². The molecule has 0 aromatic heterocycles. The molecule has 1 unspecified atom stereocenters. The summed E-state index contributed by atoms with van der Waals surface area (Å²) in [5.41, 5.74) is 2.82. The number of nitrogens with one attached hydrogen (secondary N) is 1.